The second-order valence-electron chi connectivity index (χ2n) is 7.07. The van der Waals surface area contributed by atoms with Crippen LogP contribution in [0.25, 0.3) is 5.69 Å². The number of aryl methyl sites for hydroxylation is 2. The van der Waals surface area contributed by atoms with Crippen molar-refractivity contribution in [2.75, 3.05) is 13.1 Å². The van der Waals surface area contributed by atoms with Gasteiger partial charge in [0.05, 0.1) is 17.7 Å². The molecule has 0 bridgehead atoms. The summed E-state index contributed by atoms with van der Waals surface area (Å²) < 4.78 is 7.78. The largest absolute Gasteiger partial charge is 0.437 e. The van der Waals surface area contributed by atoms with Crippen molar-refractivity contribution in [1.29, 1.82) is 0 Å². The Morgan fingerprint density at radius 2 is 1.89 bits per heavy atom. The number of hydrogen-bond donors (Lipinski definition) is 0. The van der Waals surface area contributed by atoms with Crippen LogP contribution in [0.2, 0.25) is 5.02 Å². The Morgan fingerprint density at radius 1 is 1.07 bits per heavy atom. The van der Waals surface area contributed by atoms with Crippen molar-refractivity contribution in [2.45, 2.75) is 26.7 Å². The molecule has 2 heterocycles. The van der Waals surface area contributed by atoms with Gasteiger partial charge in [-0.3, -0.25) is 0 Å². The fourth-order valence-electron chi connectivity index (χ4n) is 3.26. The van der Waals surface area contributed by atoms with Gasteiger partial charge in [-0.2, -0.15) is 0 Å². The fraction of sp³-hybridized carbons (Fsp3) is 0.273. The molecule has 4 rings (SSSR count). The lowest BCUT2D eigenvalue weighted by molar-refractivity contribution is 0.454. The van der Waals surface area contributed by atoms with Crippen molar-refractivity contribution in [3.05, 3.63) is 64.8 Å². The molecule has 0 aliphatic carbocycles. The minimum atomic E-state index is 0.538. The van der Waals surface area contributed by atoms with E-state index in [1.54, 1.807) is 4.68 Å². The SMILES string of the molecule is Cc1cc(Oc2ccn(-c3cccc(Cl)c3)n2)c(C)cc1N=CN1CCCC1. The lowest BCUT2D eigenvalue weighted by Crippen LogP contribution is -2.16. The highest BCUT2D eigenvalue weighted by molar-refractivity contribution is 6.30. The van der Waals surface area contributed by atoms with E-state index in [-0.39, 0.29) is 0 Å². The first-order valence-electron chi connectivity index (χ1n) is 9.47. The Labute approximate surface area is 170 Å². The number of aliphatic imine (C=N–C) groups is 1. The van der Waals surface area contributed by atoms with Crippen LogP contribution >= 0.6 is 11.6 Å². The number of likely N-dealkylation sites (tertiary alicyclic amines) is 1. The van der Waals surface area contributed by atoms with Crippen LogP contribution in [-0.2, 0) is 0 Å². The molecule has 6 heteroatoms. The maximum atomic E-state index is 6.06. The Hall–Kier alpha value is -2.79. The van der Waals surface area contributed by atoms with E-state index in [4.69, 9.17) is 16.3 Å². The highest BCUT2D eigenvalue weighted by Crippen LogP contribution is 2.31. The molecule has 28 heavy (non-hydrogen) atoms. The molecule has 144 valence electrons. The molecule has 0 amide bonds. The van der Waals surface area contributed by atoms with Crippen molar-refractivity contribution in [3.63, 3.8) is 0 Å². The van der Waals surface area contributed by atoms with Gasteiger partial charge in [0.1, 0.15) is 5.75 Å². The summed E-state index contributed by atoms with van der Waals surface area (Å²) in [5.41, 5.74) is 3.96. The van der Waals surface area contributed by atoms with Crippen LogP contribution in [0.1, 0.15) is 24.0 Å². The summed E-state index contributed by atoms with van der Waals surface area (Å²) in [6.45, 7) is 6.27. The molecule has 0 saturated carbocycles. The lowest BCUT2D eigenvalue weighted by Gasteiger charge is -2.12. The maximum absolute atomic E-state index is 6.06. The first-order valence-corrected chi connectivity index (χ1v) is 9.85. The minimum absolute atomic E-state index is 0.538. The van der Waals surface area contributed by atoms with E-state index in [1.807, 2.05) is 62.8 Å². The van der Waals surface area contributed by atoms with Crippen LogP contribution in [0.4, 0.5) is 5.69 Å². The molecule has 1 aliphatic heterocycles. The second kappa shape index (κ2) is 8.07. The molecule has 0 unspecified atom stereocenters. The molecule has 0 radical (unpaired) electrons. The van der Waals surface area contributed by atoms with Gasteiger partial charge in [-0.15, -0.1) is 5.10 Å². The summed E-state index contributed by atoms with van der Waals surface area (Å²) in [4.78, 5) is 6.93. The van der Waals surface area contributed by atoms with E-state index in [0.717, 1.165) is 41.3 Å². The van der Waals surface area contributed by atoms with Crippen molar-refractivity contribution in [2.24, 2.45) is 4.99 Å². The van der Waals surface area contributed by atoms with Crippen molar-refractivity contribution >= 4 is 23.6 Å². The number of rotatable bonds is 5. The quantitative estimate of drug-likeness (QED) is 0.412. The third-order valence-corrected chi connectivity index (χ3v) is 5.08. The first-order chi connectivity index (χ1) is 13.6. The van der Waals surface area contributed by atoms with Gasteiger partial charge in [-0.1, -0.05) is 17.7 Å². The van der Waals surface area contributed by atoms with E-state index in [9.17, 15) is 0 Å². The lowest BCUT2D eigenvalue weighted by atomic mass is 10.1. The summed E-state index contributed by atoms with van der Waals surface area (Å²) in [5, 5.41) is 5.17. The van der Waals surface area contributed by atoms with E-state index in [0.29, 0.717) is 10.9 Å². The highest BCUT2D eigenvalue weighted by atomic mass is 35.5. The van der Waals surface area contributed by atoms with Crippen LogP contribution in [0.15, 0.2) is 53.7 Å². The molecule has 0 spiro atoms. The zero-order valence-electron chi connectivity index (χ0n) is 16.1. The maximum Gasteiger partial charge on any atom is 0.238 e. The monoisotopic (exact) mass is 394 g/mol. The number of benzene rings is 2. The average Bonchev–Trinajstić information content (AvgIpc) is 3.35. The smallest absolute Gasteiger partial charge is 0.238 e. The molecule has 1 aromatic heterocycles. The van der Waals surface area contributed by atoms with Crippen molar-refractivity contribution in [3.8, 4) is 17.3 Å². The third-order valence-electron chi connectivity index (χ3n) is 4.85. The molecule has 1 aliphatic rings. The van der Waals surface area contributed by atoms with Gasteiger partial charge >= 0.3 is 0 Å². The summed E-state index contributed by atoms with van der Waals surface area (Å²) in [7, 11) is 0. The predicted octanol–water partition coefficient (Wildman–Crippen LogP) is 5.69. The van der Waals surface area contributed by atoms with Gasteiger partial charge in [0, 0.05) is 30.4 Å². The van der Waals surface area contributed by atoms with E-state index in [1.165, 1.54) is 12.8 Å². The van der Waals surface area contributed by atoms with Gasteiger partial charge in [0.25, 0.3) is 0 Å². The Morgan fingerprint density at radius 3 is 2.68 bits per heavy atom. The number of halogens is 1. The molecular weight excluding hydrogens is 372 g/mol. The van der Waals surface area contributed by atoms with Crippen LogP contribution in [0.3, 0.4) is 0 Å². The van der Waals surface area contributed by atoms with Gasteiger partial charge < -0.3 is 9.64 Å². The highest BCUT2D eigenvalue weighted by Gasteiger charge is 2.10. The molecule has 1 saturated heterocycles. The summed E-state index contributed by atoms with van der Waals surface area (Å²) >= 11 is 6.06. The first kappa shape index (κ1) is 18.6. The topological polar surface area (TPSA) is 42.6 Å². The summed E-state index contributed by atoms with van der Waals surface area (Å²) in [6.07, 6.45) is 6.32. The Kier molecular flexibility index (Phi) is 5.35. The van der Waals surface area contributed by atoms with E-state index < -0.39 is 0 Å². The number of nitrogens with zero attached hydrogens (tertiary/aromatic N) is 4. The zero-order chi connectivity index (χ0) is 19.5. The van der Waals surface area contributed by atoms with Crippen LogP contribution in [0.5, 0.6) is 11.6 Å². The molecular formula is C22H23ClN4O. The van der Waals surface area contributed by atoms with Gasteiger partial charge in [0.2, 0.25) is 5.88 Å². The standard InChI is InChI=1S/C22H23ClN4O/c1-16-13-21(17(2)12-20(16)24-15-26-9-3-4-10-26)28-22-8-11-27(25-22)19-7-5-6-18(23)14-19/h5-8,11-15H,3-4,9-10H2,1-2H3. The molecule has 1 fully saturated rings. The van der Waals surface area contributed by atoms with Crippen molar-refractivity contribution in [1.82, 2.24) is 14.7 Å². The molecule has 2 aromatic carbocycles. The molecule has 5 nitrogen and oxygen atoms in total. The molecule has 0 atom stereocenters. The zero-order valence-corrected chi connectivity index (χ0v) is 16.9. The Bertz CT molecular complexity index is 1010. The average molecular weight is 395 g/mol. The summed E-state index contributed by atoms with van der Waals surface area (Å²) in [6, 6.07) is 13.5. The van der Waals surface area contributed by atoms with Crippen LogP contribution < -0.4 is 4.74 Å². The third kappa shape index (κ3) is 4.20. The van der Waals surface area contributed by atoms with E-state index >= 15 is 0 Å². The van der Waals surface area contributed by atoms with Gasteiger partial charge in [-0.25, -0.2) is 9.67 Å². The summed E-state index contributed by atoms with van der Waals surface area (Å²) in [5.74, 6) is 1.32. The second-order valence-corrected chi connectivity index (χ2v) is 7.51. The molecule has 3 aromatic rings. The fourth-order valence-corrected chi connectivity index (χ4v) is 3.45. The predicted molar refractivity (Wildman–Crippen MR) is 114 cm³/mol. The van der Waals surface area contributed by atoms with Gasteiger partial charge in [0.15, 0.2) is 0 Å². The Balaban J connectivity index is 1.51. The van der Waals surface area contributed by atoms with Crippen LogP contribution in [-0.4, -0.2) is 34.1 Å². The number of aromatic nitrogens is 2. The molecule has 0 N–H and O–H groups in total. The number of hydrogen-bond acceptors (Lipinski definition) is 3. The number of ether oxygens (including phenoxy) is 1. The minimum Gasteiger partial charge on any atom is -0.437 e. The normalized spacial score (nSPS) is 14.2. The van der Waals surface area contributed by atoms with Crippen molar-refractivity contribution < 1.29 is 4.74 Å². The van der Waals surface area contributed by atoms with Crippen LogP contribution in [0, 0.1) is 13.8 Å². The van der Waals surface area contributed by atoms with Gasteiger partial charge in [-0.05, 0) is 68.1 Å². The van der Waals surface area contributed by atoms with E-state index in [2.05, 4.69) is 21.1 Å².